The summed E-state index contributed by atoms with van der Waals surface area (Å²) in [6, 6.07) is 0.0581. The van der Waals surface area contributed by atoms with Gasteiger partial charge in [-0.3, -0.25) is 4.79 Å². The zero-order valence-electron chi connectivity index (χ0n) is 10.4. The van der Waals surface area contributed by atoms with Gasteiger partial charge in [-0.1, -0.05) is 19.3 Å². The maximum atomic E-state index is 11.7. The van der Waals surface area contributed by atoms with E-state index >= 15 is 0 Å². The maximum Gasteiger partial charge on any atom is 0.230 e. The molecule has 2 atom stereocenters. The Morgan fingerprint density at radius 3 is 2.78 bits per heavy atom. The highest BCUT2D eigenvalue weighted by molar-refractivity contribution is 7.15. The van der Waals surface area contributed by atoms with E-state index < -0.39 is 0 Å². The minimum atomic E-state index is 0.00651. The molecule has 0 bridgehead atoms. The van der Waals surface area contributed by atoms with Gasteiger partial charge < -0.3 is 11.1 Å². The number of aromatic nitrogens is 1. The molecule has 2 aliphatic rings. The molecule has 0 aromatic carbocycles. The van der Waals surface area contributed by atoms with Crippen LogP contribution in [0.3, 0.4) is 0 Å². The minimum absolute atomic E-state index is 0.00651. The van der Waals surface area contributed by atoms with Gasteiger partial charge in [0.25, 0.3) is 0 Å². The van der Waals surface area contributed by atoms with Crippen LogP contribution in [0.1, 0.15) is 49.3 Å². The molecule has 4 nitrogen and oxygen atoms in total. The van der Waals surface area contributed by atoms with Crippen LogP contribution in [-0.2, 0) is 4.79 Å². The summed E-state index contributed by atoms with van der Waals surface area (Å²) in [6.45, 7) is 0. The van der Waals surface area contributed by atoms with Crippen LogP contribution in [0.5, 0.6) is 0 Å². The molecule has 18 heavy (non-hydrogen) atoms. The highest BCUT2D eigenvalue weighted by atomic mass is 32.1. The third-order valence-electron chi connectivity index (χ3n) is 3.94. The largest absolute Gasteiger partial charge is 0.327 e. The minimum Gasteiger partial charge on any atom is -0.327 e. The lowest BCUT2D eigenvalue weighted by Gasteiger charge is -2.19. The van der Waals surface area contributed by atoms with E-state index in [9.17, 15) is 4.79 Å². The number of rotatable bonds is 3. The second kappa shape index (κ2) is 4.97. The number of amides is 1. The summed E-state index contributed by atoms with van der Waals surface area (Å²) >= 11 is 1.63. The molecular weight excluding hydrogens is 246 g/mol. The molecule has 0 aliphatic heterocycles. The average molecular weight is 265 g/mol. The first-order chi connectivity index (χ1) is 8.74. The third kappa shape index (κ3) is 2.57. The van der Waals surface area contributed by atoms with Crippen molar-refractivity contribution < 1.29 is 4.79 Å². The quantitative estimate of drug-likeness (QED) is 0.882. The fourth-order valence-electron chi connectivity index (χ4n) is 2.63. The molecule has 5 heteroatoms. The van der Waals surface area contributed by atoms with Gasteiger partial charge in [0.1, 0.15) is 0 Å². The molecular formula is C13H19N3OS. The Hall–Kier alpha value is -0.940. The smallest absolute Gasteiger partial charge is 0.230 e. The summed E-state index contributed by atoms with van der Waals surface area (Å²) < 4.78 is 0. The van der Waals surface area contributed by atoms with Gasteiger partial charge in [0.05, 0.1) is 5.92 Å². The topological polar surface area (TPSA) is 68.0 Å². The Morgan fingerprint density at radius 1 is 1.39 bits per heavy atom. The van der Waals surface area contributed by atoms with Crippen LogP contribution in [0.2, 0.25) is 0 Å². The zero-order valence-corrected chi connectivity index (χ0v) is 11.2. The van der Waals surface area contributed by atoms with Gasteiger partial charge in [-0.25, -0.2) is 4.98 Å². The fraction of sp³-hybridized carbons (Fsp3) is 0.692. The predicted octanol–water partition coefficient (Wildman–Crippen LogP) is 2.48. The second-order valence-corrected chi connectivity index (χ2v) is 6.46. The van der Waals surface area contributed by atoms with Crippen LogP contribution >= 0.6 is 11.3 Å². The molecule has 1 heterocycles. The predicted molar refractivity (Wildman–Crippen MR) is 72.7 cm³/mol. The molecule has 3 N–H and O–H groups in total. The number of nitrogens with one attached hydrogen (secondary N) is 1. The van der Waals surface area contributed by atoms with Gasteiger partial charge in [-0.15, -0.1) is 11.3 Å². The number of nitrogens with two attached hydrogens (primary N) is 1. The summed E-state index contributed by atoms with van der Waals surface area (Å²) in [5.41, 5.74) is 5.67. The van der Waals surface area contributed by atoms with Crippen molar-refractivity contribution in [3.63, 3.8) is 0 Å². The normalized spacial score (nSPS) is 28.1. The highest BCUT2D eigenvalue weighted by Gasteiger charge is 2.40. The van der Waals surface area contributed by atoms with Gasteiger partial charge in [0.2, 0.25) is 5.91 Å². The first-order valence-corrected chi connectivity index (χ1v) is 7.58. The number of hydrogen-bond donors (Lipinski definition) is 2. The number of carbonyl (C=O) groups is 1. The van der Waals surface area contributed by atoms with E-state index in [4.69, 9.17) is 5.73 Å². The number of thiazole rings is 1. The van der Waals surface area contributed by atoms with Crippen molar-refractivity contribution in [3.8, 4) is 0 Å². The molecule has 2 saturated carbocycles. The molecule has 0 unspecified atom stereocenters. The molecule has 2 fully saturated rings. The number of hydrogen-bond acceptors (Lipinski definition) is 4. The summed E-state index contributed by atoms with van der Waals surface area (Å²) in [5, 5.41) is 3.62. The van der Waals surface area contributed by atoms with Crippen LogP contribution in [0.4, 0.5) is 5.13 Å². The highest BCUT2D eigenvalue weighted by Crippen LogP contribution is 2.37. The Morgan fingerprint density at radius 2 is 2.11 bits per heavy atom. The van der Waals surface area contributed by atoms with Crippen LogP contribution in [0.25, 0.3) is 0 Å². The van der Waals surface area contributed by atoms with Crippen LogP contribution < -0.4 is 11.1 Å². The van der Waals surface area contributed by atoms with E-state index in [-0.39, 0.29) is 17.9 Å². The Kier molecular flexibility index (Phi) is 3.35. The second-order valence-electron chi connectivity index (χ2n) is 5.40. The van der Waals surface area contributed by atoms with Crippen molar-refractivity contribution in [2.75, 3.05) is 5.32 Å². The van der Waals surface area contributed by atoms with Crippen molar-refractivity contribution in [1.82, 2.24) is 4.98 Å². The van der Waals surface area contributed by atoms with Crippen LogP contribution in [-0.4, -0.2) is 16.9 Å². The van der Waals surface area contributed by atoms with Crippen LogP contribution in [0.15, 0.2) is 6.20 Å². The third-order valence-corrected chi connectivity index (χ3v) is 5.01. The first kappa shape index (κ1) is 12.1. The molecule has 98 valence electrons. The SMILES string of the molecule is N[C@@H]1C[C@H]1C(=O)Nc1ncc(C2CCCCC2)s1. The first-order valence-electron chi connectivity index (χ1n) is 6.76. The van der Waals surface area contributed by atoms with E-state index in [0.717, 1.165) is 11.6 Å². The van der Waals surface area contributed by atoms with Crippen molar-refractivity contribution >= 4 is 22.4 Å². The monoisotopic (exact) mass is 265 g/mol. The molecule has 2 aliphatic carbocycles. The van der Waals surface area contributed by atoms with Gasteiger partial charge in [0, 0.05) is 17.1 Å². The zero-order chi connectivity index (χ0) is 12.5. The van der Waals surface area contributed by atoms with E-state index in [1.54, 1.807) is 11.3 Å². The lowest BCUT2D eigenvalue weighted by Crippen LogP contribution is -2.18. The van der Waals surface area contributed by atoms with E-state index in [2.05, 4.69) is 10.3 Å². The van der Waals surface area contributed by atoms with Gasteiger partial charge >= 0.3 is 0 Å². The lowest BCUT2D eigenvalue weighted by atomic mass is 9.89. The fourth-order valence-corrected chi connectivity index (χ4v) is 3.62. The molecule has 0 radical (unpaired) electrons. The van der Waals surface area contributed by atoms with Gasteiger partial charge in [-0.05, 0) is 25.2 Å². The molecule has 1 aromatic rings. The average Bonchev–Trinajstić information content (AvgIpc) is 2.95. The summed E-state index contributed by atoms with van der Waals surface area (Å²) in [6.07, 6.45) is 9.28. The number of carbonyl (C=O) groups excluding carboxylic acids is 1. The summed E-state index contributed by atoms with van der Waals surface area (Å²) in [4.78, 5) is 17.4. The number of nitrogens with zero attached hydrogens (tertiary/aromatic N) is 1. The number of anilines is 1. The maximum absolute atomic E-state index is 11.7. The van der Waals surface area contributed by atoms with Crippen molar-refractivity contribution in [2.45, 2.75) is 50.5 Å². The summed E-state index contributed by atoms with van der Waals surface area (Å²) in [5.74, 6) is 0.698. The van der Waals surface area contributed by atoms with Gasteiger partial charge in [0.15, 0.2) is 5.13 Å². The summed E-state index contributed by atoms with van der Waals surface area (Å²) in [7, 11) is 0. The van der Waals surface area contributed by atoms with E-state index in [1.807, 2.05) is 6.20 Å². The van der Waals surface area contributed by atoms with Crippen molar-refractivity contribution in [2.24, 2.45) is 11.7 Å². The molecule has 1 aromatic heterocycles. The standard InChI is InChI=1S/C13H19N3OS/c14-10-6-9(10)12(17)16-13-15-7-11(18-13)8-4-2-1-3-5-8/h7-10H,1-6,14H2,(H,15,16,17)/t9-,10-/m1/s1. The molecule has 1 amide bonds. The van der Waals surface area contributed by atoms with E-state index in [1.165, 1.54) is 37.0 Å². The Bertz CT molecular complexity index is 439. The Balaban J connectivity index is 1.60. The van der Waals surface area contributed by atoms with Crippen molar-refractivity contribution in [1.29, 1.82) is 0 Å². The van der Waals surface area contributed by atoms with Crippen molar-refractivity contribution in [3.05, 3.63) is 11.1 Å². The Labute approximate surface area is 111 Å². The molecule has 0 saturated heterocycles. The van der Waals surface area contributed by atoms with Crippen LogP contribution in [0, 0.1) is 5.92 Å². The van der Waals surface area contributed by atoms with E-state index in [0.29, 0.717) is 5.92 Å². The molecule has 0 spiro atoms. The molecule has 3 rings (SSSR count). The lowest BCUT2D eigenvalue weighted by molar-refractivity contribution is -0.117. The van der Waals surface area contributed by atoms with Gasteiger partial charge in [-0.2, -0.15) is 0 Å².